The summed E-state index contributed by atoms with van der Waals surface area (Å²) in [6, 6.07) is 19.6. The van der Waals surface area contributed by atoms with Gasteiger partial charge < -0.3 is 19.9 Å². The molecule has 4 aromatic rings. The zero-order valence-corrected chi connectivity index (χ0v) is 19.0. The number of fused-ring (bicyclic) bond motifs is 1. The first-order chi connectivity index (χ1) is 16.7. The minimum Gasteiger partial charge on any atom is -0.453 e. The van der Waals surface area contributed by atoms with Gasteiger partial charge in [0.15, 0.2) is 11.4 Å². The first-order valence-electron chi connectivity index (χ1n) is 11.2. The Kier molecular flexibility index (Phi) is 6.22. The fourth-order valence-electron chi connectivity index (χ4n) is 3.92. The average Bonchev–Trinajstić information content (AvgIpc) is 3.28. The summed E-state index contributed by atoms with van der Waals surface area (Å²) in [6.07, 6.45) is 5.77. The zero-order valence-electron chi connectivity index (χ0n) is 19.0. The molecule has 34 heavy (non-hydrogen) atoms. The lowest BCUT2D eigenvalue weighted by Crippen LogP contribution is -2.44. The number of rotatable bonds is 7. The van der Waals surface area contributed by atoms with Gasteiger partial charge in [-0.05, 0) is 67.2 Å². The number of nitrogens with one attached hydrogen (secondary N) is 1. The molecule has 3 heterocycles. The van der Waals surface area contributed by atoms with Crippen molar-refractivity contribution in [1.82, 2.24) is 19.5 Å². The van der Waals surface area contributed by atoms with E-state index in [4.69, 9.17) is 4.74 Å². The van der Waals surface area contributed by atoms with Crippen LogP contribution < -0.4 is 15.0 Å². The monoisotopic (exact) mass is 454 g/mol. The molecular weight excluding hydrogens is 428 g/mol. The van der Waals surface area contributed by atoms with E-state index in [9.17, 15) is 4.79 Å². The summed E-state index contributed by atoms with van der Waals surface area (Å²) in [5.74, 6) is 1.73. The van der Waals surface area contributed by atoms with Gasteiger partial charge in [0.05, 0.1) is 0 Å². The van der Waals surface area contributed by atoms with Crippen molar-refractivity contribution in [2.24, 2.45) is 0 Å². The molecule has 172 valence electrons. The van der Waals surface area contributed by atoms with Gasteiger partial charge in [-0.3, -0.25) is 4.79 Å². The summed E-state index contributed by atoms with van der Waals surface area (Å²) in [7, 11) is 2.16. The van der Waals surface area contributed by atoms with Gasteiger partial charge in [-0.15, -0.1) is 5.10 Å². The average molecular weight is 455 g/mol. The van der Waals surface area contributed by atoms with E-state index in [0.717, 1.165) is 43.7 Å². The quantitative estimate of drug-likeness (QED) is 0.331. The number of anilines is 3. The predicted octanol–water partition coefficient (Wildman–Crippen LogP) is 4.23. The molecule has 8 heteroatoms. The van der Waals surface area contributed by atoms with E-state index in [1.54, 1.807) is 10.6 Å². The Morgan fingerprint density at radius 2 is 1.82 bits per heavy atom. The molecule has 2 aromatic heterocycles. The molecule has 1 saturated heterocycles. The molecular formula is C26H26N6O2. The highest BCUT2D eigenvalue weighted by Crippen LogP contribution is 2.27. The van der Waals surface area contributed by atoms with Gasteiger partial charge in [0, 0.05) is 43.8 Å². The molecule has 0 radical (unpaired) electrons. The number of benzene rings is 2. The number of ether oxygens (including phenoxy) is 1. The Balaban J connectivity index is 1.32. The first kappa shape index (κ1) is 21.7. The summed E-state index contributed by atoms with van der Waals surface area (Å²) in [5, 5.41) is 7.82. The number of hydrogen-bond donors (Lipinski definition) is 1. The molecule has 0 atom stereocenters. The number of carbonyl (C=O) groups excluding carboxylic acids is 1. The van der Waals surface area contributed by atoms with Crippen molar-refractivity contribution < 1.29 is 9.53 Å². The summed E-state index contributed by atoms with van der Waals surface area (Å²) in [6.45, 7) is 4.23. The maximum atomic E-state index is 10.6. The molecule has 1 aliphatic heterocycles. The van der Waals surface area contributed by atoms with E-state index in [2.05, 4.69) is 56.5 Å². The molecule has 0 spiro atoms. The minimum absolute atomic E-state index is 0.492. The summed E-state index contributed by atoms with van der Waals surface area (Å²) < 4.78 is 7.77. The largest absolute Gasteiger partial charge is 0.453 e. The standard InChI is InChI=1S/C26H26N6O2/c1-30-14-16-31(17-15-30)22-11-9-21(10-12-22)27-26-28-25-24(8-3-13-32(25)29-26)34-23-7-2-5-20(19-23)6-4-18-33/h2-13,18-19H,14-17H2,1H3,(H,27,29). The van der Waals surface area contributed by atoms with E-state index in [-0.39, 0.29) is 0 Å². The number of hydrogen-bond acceptors (Lipinski definition) is 7. The molecule has 1 fully saturated rings. The van der Waals surface area contributed by atoms with Crippen LogP contribution in [0.5, 0.6) is 11.5 Å². The molecule has 1 N–H and O–H groups in total. The smallest absolute Gasteiger partial charge is 0.247 e. The van der Waals surface area contributed by atoms with Gasteiger partial charge >= 0.3 is 0 Å². The highest BCUT2D eigenvalue weighted by atomic mass is 16.5. The van der Waals surface area contributed by atoms with E-state index in [1.807, 2.05) is 42.6 Å². The van der Waals surface area contributed by atoms with Crippen LogP contribution >= 0.6 is 0 Å². The zero-order chi connectivity index (χ0) is 23.3. The van der Waals surface area contributed by atoms with E-state index < -0.39 is 0 Å². The fraction of sp³-hybridized carbons (Fsp3) is 0.192. The molecule has 2 aromatic carbocycles. The Morgan fingerprint density at radius 3 is 2.62 bits per heavy atom. The lowest BCUT2D eigenvalue weighted by Gasteiger charge is -2.34. The maximum Gasteiger partial charge on any atom is 0.247 e. The van der Waals surface area contributed by atoms with Crippen LogP contribution in [0.1, 0.15) is 5.56 Å². The SMILES string of the molecule is CN1CCN(c2ccc(Nc3nc4c(Oc5cccc(C=CC=O)c5)cccn4n3)cc2)CC1. The fourth-order valence-corrected chi connectivity index (χ4v) is 3.92. The second-order valence-electron chi connectivity index (χ2n) is 8.21. The number of nitrogens with zero attached hydrogens (tertiary/aromatic N) is 5. The molecule has 0 aliphatic carbocycles. The van der Waals surface area contributed by atoms with Crippen molar-refractivity contribution >= 4 is 35.3 Å². The maximum absolute atomic E-state index is 10.6. The summed E-state index contributed by atoms with van der Waals surface area (Å²) >= 11 is 0. The summed E-state index contributed by atoms with van der Waals surface area (Å²) in [4.78, 5) is 20.0. The number of aromatic nitrogens is 3. The summed E-state index contributed by atoms with van der Waals surface area (Å²) in [5.41, 5.74) is 3.63. The van der Waals surface area contributed by atoms with E-state index in [1.165, 1.54) is 11.8 Å². The number of pyridine rings is 1. The minimum atomic E-state index is 0.492. The van der Waals surface area contributed by atoms with Crippen LogP contribution in [0.4, 0.5) is 17.3 Å². The molecule has 0 unspecified atom stereocenters. The van der Waals surface area contributed by atoms with Crippen LogP contribution in [-0.2, 0) is 4.79 Å². The van der Waals surface area contributed by atoms with Crippen LogP contribution in [0.3, 0.4) is 0 Å². The number of allylic oxidation sites excluding steroid dienone is 1. The third-order valence-corrected chi connectivity index (χ3v) is 5.77. The Morgan fingerprint density at radius 1 is 1.00 bits per heavy atom. The normalized spacial score (nSPS) is 14.6. The van der Waals surface area contributed by atoms with Crippen LogP contribution in [0.2, 0.25) is 0 Å². The lowest BCUT2D eigenvalue weighted by molar-refractivity contribution is -0.104. The van der Waals surface area contributed by atoms with Gasteiger partial charge in [0.1, 0.15) is 12.0 Å². The van der Waals surface area contributed by atoms with Gasteiger partial charge in [-0.2, -0.15) is 4.98 Å². The molecule has 1 aliphatic rings. The van der Waals surface area contributed by atoms with E-state index in [0.29, 0.717) is 23.1 Å². The first-order valence-corrected chi connectivity index (χ1v) is 11.2. The van der Waals surface area contributed by atoms with Gasteiger partial charge in [-0.1, -0.05) is 18.2 Å². The van der Waals surface area contributed by atoms with Crippen LogP contribution in [0.15, 0.2) is 72.9 Å². The highest BCUT2D eigenvalue weighted by Gasteiger charge is 2.14. The van der Waals surface area contributed by atoms with Crippen molar-refractivity contribution in [3.8, 4) is 11.5 Å². The Bertz CT molecular complexity index is 1310. The number of likely N-dealkylation sites (N-methyl/N-ethyl adjacent to an activating group) is 1. The van der Waals surface area contributed by atoms with Gasteiger partial charge in [0.25, 0.3) is 0 Å². The number of piperazine rings is 1. The Labute approximate surface area is 198 Å². The van der Waals surface area contributed by atoms with Crippen LogP contribution in [-0.4, -0.2) is 59.0 Å². The molecule has 0 bridgehead atoms. The number of carbonyl (C=O) groups is 1. The van der Waals surface area contributed by atoms with Crippen molar-refractivity contribution in [2.75, 3.05) is 43.4 Å². The predicted molar refractivity (Wildman–Crippen MR) is 134 cm³/mol. The third-order valence-electron chi connectivity index (χ3n) is 5.77. The van der Waals surface area contributed by atoms with Crippen molar-refractivity contribution in [3.63, 3.8) is 0 Å². The molecule has 5 rings (SSSR count). The molecule has 8 nitrogen and oxygen atoms in total. The van der Waals surface area contributed by atoms with Crippen LogP contribution in [0.25, 0.3) is 11.7 Å². The second kappa shape index (κ2) is 9.76. The number of aldehydes is 1. The highest BCUT2D eigenvalue weighted by molar-refractivity contribution is 5.74. The molecule has 0 saturated carbocycles. The van der Waals surface area contributed by atoms with Crippen molar-refractivity contribution in [3.05, 3.63) is 78.5 Å². The van der Waals surface area contributed by atoms with Crippen molar-refractivity contribution in [2.45, 2.75) is 0 Å². The van der Waals surface area contributed by atoms with Gasteiger partial charge in [0.2, 0.25) is 5.95 Å². The van der Waals surface area contributed by atoms with Crippen LogP contribution in [0, 0.1) is 0 Å². The second-order valence-corrected chi connectivity index (χ2v) is 8.21. The Hall–Kier alpha value is -4.17. The lowest BCUT2D eigenvalue weighted by atomic mass is 10.2. The third kappa shape index (κ3) is 4.92. The van der Waals surface area contributed by atoms with E-state index >= 15 is 0 Å². The van der Waals surface area contributed by atoms with Gasteiger partial charge in [-0.25, -0.2) is 4.52 Å². The topological polar surface area (TPSA) is 75.0 Å². The molecule has 0 amide bonds. The van der Waals surface area contributed by atoms with Crippen molar-refractivity contribution in [1.29, 1.82) is 0 Å².